The Balaban J connectivity index is 1.50. The first-order valence-corrected chi connectivity index (χ1v) is 7.28. The highest BCUT2D eigenvalue weighted by Gasteiger charge is 2.38. The van der Waals surface area contributed by atoms with Crippen LogP contribution < -0.4 is 10.6 Å². The Morgan fingerprint density at radius 2 is 1.84 bits per heavy atom. The minimum atomic E-state index is 0.225. The molecule has 0 aromatic carbocycles. The molecule has 0 aromatic heterocycles. The summed E-state index contributed by atoms with van der Waals surface area (Å²) < 4.78 is 15.9. The molecule has 5 nitrogen and oxygen atoms in total. The number of hydrogen-bond acceptors (Lipinski definition) is 5. The van der Waals surface area contributed by atoms with Gasteiger partial charge in [-0.3, -0.25) is 0 Å². The third-order valence-electron chi connectivity index (χ3n) is 4.31. The van der Waals surface area contributed by atoms with Crippen LogP contribution in [0.25, 0.3) is 0 Å². The average molecular weight is 272 g/mol. The summed E-state index contributed by atoms with van der Waals surface area (Å²) in [5.74, 6) is 0. The average Bonchev–Trinajstić information content (AvgIpc) is 2.33. The van der Waals surface area contributed by atoms with E-state index < -0.39 is 0 Å². The molecule has 0 aromatic rings. The van der Waals surface area contributed by atoms with E-state index in [-0.39, 0.29) is 11.0 Å². The largest absolute Gasteiger partial charge is 0.384 e. The fourth-order valence-corrected chi connectivity index (χ4v) is 2.76. The monoisotopic (exact) mass is 272 g/mol. The first-order valence-electron chi connectivity index (χ1n) is 7.28. The second-order valence-corrected chi connectivity index (χ2v) is 6.08. The Bertz CT molecular complexity index is 260. The number of likely N-dealkylation sites (N-methyl/N-ethyl adjacent to an activating group) is 1. The van der Waals surface area contributed by atoms with E-state index >= 15 is 0 Å². The standard InChI is InChI=1S/C14H28N2O3/c1-15-14(11-19-12-14)5-3-4-6-16-7-13(8-17-2)9-18-10-13/h15-16H,3-12H2,1-2H3. The van der Waals surface area contributed by atoms with Gasteiger partial charge < -0.3 is 24.8 Å². The number of rotatable bonds is 10. The van der Waals surface area contributed by atoms with E-state index in [1.807, 2.05) is 7.05 Å². The van der Waals surface area contributed by atoms with Crippen LogP contribution in [0.2, 0.25) is 0 Å². The van der Waals surface area contributed by atoms with Gasteiger partial charge in [0, 0.05) is 13.7 Å². The normalized spacial score (nSPS) is 23.7. The molecule has 5 heteroatoms. The predicted octanol–water partition coefficient (Wildman–Crippen LogP) is 0.398. The maximum atomic E-state index is 5.31. The van der Waals surface area contributed by atoms with Crippen LogP contribution in [0.15, 0.2) is 0 Å². The van der Waals surface area contributed by atoms with Crippen LogP contribution >= 0.6 is 0 Å². The molecule has 0 spiro atoms. The first-order chi connectivity index (χ1) is 9.24. The van der Waals surface area contributed by atoms with Crippen molar-refractivity contribution in [2.24, 2.45) is 5.41 Å². The van der Waals surface area contributed by atoms with Gasteiger partial charge in [-0.25, -0.2) is 0 Å². The van der Waals surface area contributed by atoms with Crippen molar-refractivity contribution >= 4 is 0 Å². The lowest BCUT2D eigenvalue weighted by Crippen LogP contribution is -2.59. The van der Waals surface area contributed by atoms with Crippen LogP contribution in [0.5, 0.6) is 0 Å². The van der Waals surface area contributed by atoms with Crippen molar-refractivity contribution in [1.82, 2.24) is 10.6 Å². The summed E-state index contributed by atoms with van der Waals surface area (Å²) in [4.78, 5) is 0. The zero-order chi connectivity index (χ0) is 13.6. The number of methoxy groups -OCH3 is 1. The summed E-state index contributed by atoms with van der Waals surface area (Å²) in [5, 5.41) is 6.93. The van der Waals surface area contributed by atoms with Crippen LogP contribution in [-0.2, 0) is 14.2 Å². The van der Waals surface area contributed by atoms with E-state index in [2.05, 4.69) is 10.6 Å². The molecule has 2 N–H and O–H groups in total. The molecular formula is C14H28N2O3. The molecule has 2 heterocycles. The molecule has 0 atom stereocenters. The van der Waals surface area contributed by atoms with Crippen LogP contribution in [0, 0.1) is 5.41 Å². The third-order valence-corrected chi connectivity index (χ3v) is 4.31. The molecule has 0 unspecified atom stereocenters. The van der Waals surface area contributed by atoms with Gasteiger partial charge in [0.1, 0.15) is 0 Å². The van der Waals surface area contributed by atoms with Crippen LogP contribution in [0.1, 0.15) is 19.3 Å². The Kier molecular flexibility index (Phi) is 5.59. The zero-order valence-corrected chi connectivity index (χ0v) is 12.3. The number of nitrogens with one attached hydrogen (secondary N) is 2. The first kappa shape index (κ1) is 15.2. The highest BCUT2D eigenvalue weighted by molar-refractivity contribution is 4.93. The van der Waals surface area contributed by atoms with Gasteiger partial charge >= 0.3 is 0 Å². The number of hydrogen-bond donors (Lipinski definition) is 2. The van der Waals surface area contributed by atoms with E-state index in [0.29, 0.717) is 0 Å². The molecule has 112 valence electrons. The Labute approximate surface area is 116 Å². The molecule has 0 aliphatic carbocycles. The van der Waals surface area contributed by atoms with Crippen LogP contribution in [0.3, 0.4) is 0 Å². The molecule has 2 saturated heterocycles. The summed E-state index contributed by atoms with van der Waals surface area (Å²) in [5.41, 5.74) is 0.488. The summed E-state index contributed by atoms with van der Waals surface area (Å²) in [7, 11) is 3.80. The summed E-state index contributed by atoms with van der Waals surface area (Å²) >= 11 is 0. The van der Waals surface area contributed by atoms with Gasteiger partial charge in [0.25, 0.3) is 0 Å². The summed E-state index contributed by atoms with van der Waals surface area (Å²) in [6.07, 6.45) is 3.66. The molecule has 19 heavy (non-hydrogen) atoms. The molecule has 2 rings (SSSR count). The predicted molar refractivity (Wildman–Crippen MR) is 74.5 cm³/mol. The molecule has 2 aliphatic heterocycles. The van der Waals surface area contributed by atoms with Gasteiger partial charge in [-0.1, -0.05) is 6.42 Å². The van der Waals surface area contributed by atoms with Crippen molar-refractivity contribution in [1.29, 1.82) is 0 Å². The van der Waals surface area contributed by atoms with Crippen LogP contribution in [0.4, 0.5) is 0 Å². The van der Waals surface area contributed by atoms with Crippen molar-refractivity contribution < 1.29 is 14.2 Å². The lowest BCUT2D eigenvalue weighted by atomic mass is 9.87. The Hall–Kier alpha value is -0.200. The number of unbranched alkanes of at least 4 members (excludes halogenated alkanes) is 1. The summed E-state index contributed by atoms with van der Waals surface area (Å²) in [6, 6.07) is 0. The lowest BCUT2D eigenvalue weighted by molar-refractivity contribution is -0.140. The van der Waals surface area contributed by atoms with Gasteiger partial charge in [0.05, 0.1) is 44.0 Å². The molecule has 2 aliphatic rings. The van der Waals surface area contributed by atoms with Gasteiger partial charge in [0.15, 0.2) is 0 Å². The fraction of sp³-hybridized carbons (Fsp3) is 1.00. The van der Waals surface area contributed by atoms with Gasteiger partial charge in [-0.15, -0.1) is 0 Å². The van der Waals surface area contributed by atoms with Crippen molar-refractivity contribution in [2.75, 3.05) is 60.3 Å². The van der Waals surface area contributed by atoms with Gasteiger partial charge in [0.2, 0.25) is 0 Å². The van der Waals surface area contributed by atoms with Crippen molar-refractivity contribution in [3.8, 4) is 0 Å². The highest BCUT2D eigenvalue weighted by Crippen LogP contribution is 2.27. The topological polar surface area (TPSA) is 51.8 Å². The van der Waals surface area contributed by atoms with E-state index in [1.165, 1.54) is 19.3 Å². The van der Waals surface area contributed by atoms with E-state index in [1.54, 1.807) is 7.11 Å². The smallest absolute Gasteiger partial charge is 0.0671 e. The van der Waals surface area contributed by atoms with E-state index in [0.717, 1.165) is 46.1 Å². The fourth-order valence-electron chi connectivity index (χ4n) is 2.76. The highest BCUT2D eigenvalue weighted by atomic mass is 16.5. The Morgan fingerprint density at radius 1 is 1.11 bits per heavy atom. The molecule has 0 amide bonds. The second kappa shape index (κ2) is 6.99. The lowest BCUT2D eigenvalue weighted by Gasteiger charge is -2.42. The van der Waals surface area contributed by atoms with Crippen molar-refractivity contribution in [2.45, 2.75) is 24.8 Å². The second-order valence-electron chi connectivity index (χ2n) is 6.08. The Morgan fingerprint density at radius 3 is 2.32 bits per heavy atom. The SMILES string of the molecule is CNC1(CCCCNCC2(COC)COC2)COC1. The number of ether oxygens (including phenoxy) is 3. The third kappa shape index (κ3) is 3.89. The van der Waals surface area contributed by atoms with Crippen molar-refractivity contribution in [3.63, 3.8) is 0 Å². The maximum Gasteiger partial charge on any atom is 0.0671 e. The quantitative estimate of drug-likeness (QED) is 0.564. The molecule has 0 radical (unpaired) electrons. The maximum absolute atomic E-state index is 5.31. The molecular weight excluding hydrogens is 244 g/mol. The van der Waals surface area contributed by atoms with Gasteiger partial charge in [-0.2, -0.15) is 0 Å². The molecule has 0 bridgehead atoms. The van der Waals surface area contributed by atoms with E-state index in [9.17, 15) is 0 Å². The minimum absolute atomic E-state index is 0.225. The van der Waals surface area contributed by atoms with Crippen LogP contribution in [-0.4, -0.2) is 65.8 Å². The zero-order valence-electron chi connectivity index (χ0n) is 12.3. The molecule has 2 fully saturated rings. The van der Waals surface area contributed by atoms with Crippen molar-refractivity contribution in [3.05, 3.63) is 0 Å². The van der Waals surface area contributed by atoms with Gasteiger partial charge in [-0.05, 0) is 26.4 Å². The molecule has 0 saturated carbocycles. The minimum Gasteiger partial charge on any atom is -0.384 e. The van der Waals surface area contributed by atoms with E-state index in [4.69, 9.17) is 14.2 Å². The summed E-state index contributed by atoms with van der Waals surface area (Å²) in [6.45, 7) is 6.26.